The zero-order valence-corrected chi connectivity index (χ0v) is 12.2. The van der Waals surface area contributed by atoms with Gasteiger partial charge in [-0.15, -0.1) is 0 Å². The van der Waals surface area contributed by atoms with Crippen molar-refractivity contribution in [2.24, 2.45) is 5.92 Å². The second-order valence-electron chi connectivity index (χ2n) is 5.99. The Morgan fingerprint density at radius 3 is 2.62 bits per heavy atom. The van der Waals surface area contributed by atoms with E-state index in [4.69, 9.17) is 0 Å². The van der Waals surface area contributed by atoms with Crippen molar-refractivity contribution in [2.75, 3.05) is 19.0 Å². The summed E-state index contributed by atoms with van der Waals surface area (Å²) in [6.45, 7) is 0. The zero-order chi connectivity index (χ0) is 15.1. The minimum Gasteiger partial charge on any atom is -0.481 e. The van der Waals surface area contributed by atoms with E-state index in [-0.39, 0.29) is 18.0 Å². The summed E-state index contributed by atoms with van der Waals surface area (Å²) in [7, 11) is 3.78. The van der Waals surface area contributed by atoms with Crippen LogP contribution < -0.4 is 4.90 Å². The summed E-state index contributed by atoms with van der Waals surface area (Å²) >= 11 is 0. The number of hydrogen-bond acceptors (Lipinski definition) is 4. The van der Waals surface area contributed by atoms with Gasteiger partial charge >= 0.3 is 5.97 Å². The molecule has 2 aliphatic heterocycles. The van der Waals surface area contributed by atoms with E-state index in [1.54, 1.807) is 23.2 Å². The first-order valence-electron chi connectivity index (χ1n) is 7.18. The first-order valence-corrected chi connectivity index (χ1v) is 7.18. The van der Waals surface area contributed by atoms with Crippen LogP contribution in [0.5, 0.6) is 0 Å². The van der Waals surface area contributed by atoms with Crippen LogP contribution in [-0.4, -0.2) is 53.0 Å². The summed E-state index contributed by atoms with van der Waals surface area (Å²) in [5.74, 6) is -0.508. The molecule has 21 heavy (non-hydrogen) atoms. The molecule has 6 heteroatoms. The lowest BCUT2D eigenvalue weighted by Gasteiger charge is -2.23. The third kappa shape index (κ3) is 2.24. The van der Waals surface area contributed by atoms with Crippen molar-refractivity contribution >= 4 is 17.7 Å². The number of anilines is 1. The normalized spacial score (nSPS) is 27.0. The number of carbonyl (C=O) groups is 2. The molecule has 2 aliphatic rings. The molecular weight excluding hydrogens is 270 g/mol. The fourth-order valence-corrected chi connectivity index (χ4v) is 3.50. The Labute approximate surface area is 123 Å². The molecule has 0 aliphatic carbocycles. The van der Waals surface area contributed by atoms with E-state index in [1.165, 1.54) is 0 Å². The fraction of sp³-hybridized carbons (Fsp3) is 0.533. The molecule has 1 N–H and O–H groups in total. The highest BCUT2D eigenvalue weighted by Crippen LogP contribution is 2.42. The lowest BCUT2D eigenvalue weighted by molar-refractivity contribution is -0.142. The van der Waals surface area contributed by atoms with Gasteiger partial charge in [0.05, 0.1) is 11.5 Å². The summed E-state index contributed by atoms with van der Waals surface area (Å²) in [5.41, 5.74) is 0.531. The molecule has 3 heterocycles. The van der Waals surface area contributed by atoms with Gasteiger partial charge in [0.2, 0.25) is 0 Å². The van der Waals surface area contributed by atoms with Crippen LogP contribution in [0.3, 0.4) is 0 Å². The summed E-state index contributed by atoms with van der Waals surface area (Å²) in [4.78, 5) is 31.8. The number of nitrogens with zero attached hydrogens (tertiary/aromatic N) is 3. The van der Waals surface area contributed by atoms with Gasteiger partial charge in [0, 0.05) is 32.4 Å². The molecule has 1 aromatic rings. The van der Waals surface area contributed by atoms with Crippen LogP contribution in [-0.2, 0) is 4.79 Å². The number of hydrogen-bond donors (Lipinski definition) is 1. The number of pyridine rings is 1. The van der Waals surface area contributed by atoms with Crippen molar-refractivity contribution in [1.82, 2.24) is 9.88 Å². The second kappa shape index (κ2) is 5.02. The van der Waals surface area contributed by atoms with E-state index in [1.807, 2.05) is 19.0 Å². The Bertz CT molecular complexity index is 570. The summed E-state index contributed by atoms with van der Waals surface area (Å²) in [5, 5.41) is 9.25. The number of amides is 1. The van der Waals surface area contributed by atoms with Gasteiger partial charge in [-0.1, -0.05) is 0 Å². The first-order chi connectivity index (χ1) is 9.99. The van der Waals surface area contributed by atoms with Gasteiger partial charge < -0.3 is 14.9 Å². The molecule has 3 atom stereocenters. The monoisotopic (exact) mass is 289 g/mol. The fourth-order valence-electron chi connectivity index (χ4n) is 3.50. The second-order valence-corrected chi connectivity index (χ2v) is 5.99. The number of aromatic nitrogens is 1. The third-order valence-electron chi connectivity index (χ3n) is 4.54. The van der Waals surface area contributed by atoms with E-state index in [0.29, 0.717) is 12.0 Å². The standard InChI is InChI=1S/C15H19N3O3/c1-17(2)13-6-3-9(8-16-13)14(19)18-10-4-5-12(18)11(7-10)15(20)21/h3,6,8,10-12H,4-5,7H2,1-2H3,(H,20,21). The van der Waals surface area contributed by atoms with Crippen molar-refractivity contribution in [3.8, 4) is 0 Å². The number of carboxylic acid groups (broad SMARTS) is 1. The molecule has 3 unspecified atom stereocenters. The van der Waals surface area contributed by atoms with Crippen LogP contribution in [0.4, 0.5) is 5.82 Å². The van der Waals surface area contributed by atoms with Crippen LogP contribution in [0.1, 0.15) is 29.6 Å². The number of carboxylic acids is 1. The Morgan fingerprint density at radius 2 is 2.10 bits per heavy atom. The topological polar surface area (TPSA) is 73.7 Å². The van der Waals surface area contributed by atoms with E-state index in [2.05, 4.69) is 4.98 Å². The molecule has 1 aromatic heterocycles. The summed E-state index contributed by atoms with van der Waals surface area (Å²) < 4.78 is 0. The molecule has 2 bridgehead atoms. The first kappa shape index (κ1) is 13.9. The average molecular weight is 289 g/mol. The Morgan fingerprint density at radius 1 is 1.33 bits per heavy atom. The number of fused-ring (bicyclic) bond motifs is 2. The number of rotatable bonds is 3. The van der Waals surface area contributed by atoms with E-state index < -0.39 is 11.9 Å². The Hall–Kier alpha value is -2.11. The van der Waals surface area contributed by atoms with E-state index in [0.717, 1.165) is 18.7 Å². The predicted octanol–water partition coefficient (Wildman–Crippen LogP) is 1.23. The van der Waals surface area contributed by atoms with Gasteiger partial charge in [-0.2, -0.15) is 0 Å². The zero-order valence-electron chi connectivity index (χ0n) is 12.2. The number of carbonyl (C=O) groups excluding carboxylic acids is 1. The van der Waals surface area contributed by atoms with Crippen LogP contribution in [0.2, 0.25) is 0 Å². The van der Waals surface area contributed by atoms with Crippen molar-refractivity contribution < 1.29 is 14.7 Å². The molecule has 3 rings (SSSR count). The predicted molar refractivity (Wildman–Crippen MR) is 77.3 cm³/mol. The Balaban J connectivity index is 1.81. The third-order valence-corrected chi connectivity index (χ3v) is 4.54. The van der Waals surface area contributed by atoms with Crippen LogP contribution in [0.25, 0.3) is 0 Å². The summed E-state index contributed by atoms with van der Waals surface area (Å²) in [6, 6.07) is 3.48. The summed E-state index contributed by atoms with van der Waals surface area (Å²) in [6.07, 6.45) is 3.85. The van der Waals surface area contributed by atoms with Gasteiger partial charge in [-0.05, 0) is 31.4 Å². The smallest absolute Gasteiger partial charge is 0.308 e. The molecule has 1 amide bonds. The molecule has 0 radical (unpaired) electrons. The molecule has 2 saturated heterocycles. The van der Waals surface area contributed by atoms with E-state index >= 15 is 0 Å². The van der Waals surface area contributed by atoms with Crippen LogP contribution in [0, 0.1) is 5.92 Å². The molecular formula is C15H19N3O3. The number of aliphatic carboxylic acids is 1. The molecule has 0 spiro atoms. The molecule has 0 saturated carbocycles. The van der Waals surface area contributed by atoms with Gasteiger partial charge in [-0.25, -0.2) is 4.98 Å². The van der Waals surface area contributed by atoms with Gasteiger partial charge in [0.1, 0.15) is 5.82 Å². The van der Waals surface area contributed by atoms with Gasteiger partial charge in [0.25, 0.3) is 5.91 Å². The van der Waals surface area contributed by atoms with Crippen molar-refractivity contribution in [3.63, 3.8) is 0 Å². The van der Waals surface area contributed by atoms with Gasteiger partial charge in [-0.3, -0.25) is 9.59 Å². The average Bonchev–Trinajstić information content (AvgIpc) is 3.04. The van der Waals surface area contributed by atoms with Crippen LogP contribution in [0.15, 0.2) is 18.3 Å². The quantitative estimate of drug-likeness (QED) is 0.906. The van der Waals surface area contributed by atoms with Crippen LogP contribution >= 0.6 is 0 Å². The van der Waals surface area contributed by atoms with Crippen molar-refractivity contribution in [3.05, 3.63) is 23.9 Å². The molecule has 2 fully saturated rings. The lowest BCUT2D eigenvalue weighted by Crippen LogP contribution is -2.37. The maximum atomic E-state index is 12.6. The van der Waals surface area contributed by atoms with Gasteiger partial charge in [0.15, 0.2) is 0 Å². The minimum absolute atomic E-state index is 0.0668. The highest BCUT2D eigenvalue weighted by Gasteiger charge is 2.51. The maximum Gasteiger partial charge on any atom is 0.308 e. The minimum atomic E-state index is -0.791. The highest BCUT2D eigenvalue weighted by molar-refractivity contribution is 5.95. The van der Waals surface area contributed by atoms with E-state index in [9.17, 15) is 14.7 Å². The van der Waals surface area contributed by atoms with Crippen molar-refractivity contribution in [2.45, 2.75) is 31.3 Å². The SMILES string of the molecule is CN(C)c1ccc(C(=O)N2C3CCC2C(C(=O)O)C3)cn1. The van der Waals surface area contributed by atoms with Crippen molar-refractivity contribution in [1.29, 1.82) is 0 Å². The molecule has 0 aromatic carbocycles. The highest BCUT2D eigenvalue weighted by atomic mass is 16.4. The largest absolute Gasteiger partial charge is 0.481 e. The molecule has 6 nitrogen and oxygen atoms in total. The maximum absolute atomic E-state index is 12.6. The Kier molecular flexibility index (Phi) is 3.31. The lowest BCUT2D eigenvalue weighted by atomic mass is 9.89. The molecule has 112 valence electrons.